The van der Waals surface area contributed by atoms with Crippen LogP contribution in [0, 0.1) is 17.8 Å². The SMILES string of the molecule is CC1CC(C)CC(N2CC(CN)CC2=O)C1. The van der Waals surface area contributed by atoms with E-state index in [1.54, 1.807) is 0 Å². The van der Waals surface area contributed by atoms with Crippen molar-refractivity contribution in [1.29, 1.82) is 0 Å². The molecule has 1 amide bonds. The van der Waals surface area contributed by atoms with Gasteiger partial charge in [0.05, 0.1) is 0 Å². The van der Waals surface area contributed by atoms with Crippen molar-refractivity contribution in [1.82, 2.24) is 4.90 Å². The van der Waals surface area contributed by atoms with Gasteiger partial charge in [-0.15, -0.1) is 0 Å². The van der Waals surface area contributed by atoms with Crippen molar-refractivity contribution in [3.63, 3.8) is 0 Å². The molecule has 0 radical (unpaired) electrons. The summed E-state index contributed by atoms with van der Waals surface area (Å²) in [5.41, 5.74) is 5.66. The largest absolute Gasteiger partial charge is 0.339 e. The van der Waals surface area contributed by atoms with Gasteiger partial charge in [0.1, 0.15) is 0 Å². The highest BCUT2D eigenvalue weighted by molar-refractivity contribution is 5.79. The normalized spacial score (nSPS) is 40.4. The number of amides is 1. The van der Waals surface area contributed by atoms with Crippen LogP contribution in [-0.4, -0.2) is 29.9 Å². The van der Waals surface area contributed by atoms with Crippen LogP contribution in [0.5, 0.6) is 0 Å². The molecular formula is C13H24N2O. The predicted molar refractivity (Wildman–Crippen MR) is 64.8 cm³/mol. The molecule has 2 aliphatic rings. The van der Waals surface area contributed by atoms with Crippen LogP contribution < -0.4 is 5.73 Å². The number of nitrogens with two attached hydrogens (primary N) is 1. The van der Waals surface area contributed by atoms with E-state index in [1.165, 1.54) is 19.3 Å². The van der Waals surface area contributed by atoms with Gasteiger partial charge in [0.15, 0.2) is 0 Å². The molecule has 1 heterocycles. The highest BCUT2D eigenvalue weighted by Gasteiger charge is 2.36. The first kappa shape index (κ1) is 11.9. The summed E-state index contributed by atoms with van der Waals surface area (Å²) in [4.78, 5) is 14.0. The third kappa shape index (κ3) is 2.40. The second-order valence-corrected chi connectivity index (χ2v) is 5.92. The minimum absolute atomic E-state index is 0.335. The van der Waals surface area contributed by atoms with Crippen LogP contribution in [0.2, 0.25) is 0 Å². The number of rotatable bonds is 2. The fraction of sp³-hybridized carbons (Fsp3) is 0.923. The second-order valence-electron chi connectivity index (χ2n) is 5.92. The van der Waals surface area contributed by atoms with Crippen LogP contribution in [0.1, 0.15) is 39.5 Å². The van der Waals surface area contributed by atoms with Gasteiger partial charge in [-0.05, 0) is 43.6 Å². The van der Waals surface area contributed by atoms with Crippen LogP contribution in [0.25, 0.3) is 0 Å². The molecule has 3 nitrogen and oxygen atoms in total. The highest BCUT2D eigenvalue weighted by Crippen LogP contribution is 2.34. The summed E-state index contributed by atoms with van der Waals surface area (Å²) in [6.07, 6.45) is 4.37. The molecule has 0 aromatic heterocycles. The van der Waals surface area contributed by atoms with E-state index < -0.39 is 0 Å². The summed E-state index contributed by atoms with van der Waals surface area (Å²) in [5.74, 6) is 2.26. The summed E-state index contributed by atoms with van der Waals surface area (Å²) in [7, 11) is 0. The maximum atomic E-state index is 11.9. The van der Waals surface area contributed by atoms with Gasteiger partial charge in [0.25, 0.3) is 0 Å². The van der Waals surface area contributed by atoms with E-state index in [2.05, 4.69) is 18.7 Å². The maximum Gasteiger partial charge on any atom is 0.223 e. The minimum atomic E-state index is 0.335. The Balaban J connectivity index is 1.99. The standard InChI is InChI=1S/C13H24N2O/c1-9-3-10(2)5-12(4-9)15-8-11(7-14)6-13(15)16/h9-12H,3-8,14H2,1-2H3. The van der Waals surface area contributed by atoms with E-state index in [4.69, 9.17) is 5.73 Å². The predicted octanol–water partition coefficient (Wildman–Crippen LogP) is 1.62. The van der Waals surface area contributed by atoms with E-state index in [-0.39, 0.29) is 0 Å². The molecular weight excluding hydrogens is 200 g/mol. The Labute approximate surface area is 98.4 Å². The lowest BCUT2D eigenvalue weighted by Gasteiger charge is -2.37. The van der Waals surface area contributed by atoms with Crippen LogP contribution >= 0.6 is 0 Å². The molecule has 16 heavy (non-hydrogen) atoms. The van der Waals surface area contributed by atoms with Crippen LogP contribution in [-0.2, 0) is 4.79 Å². The second kappa shape index (κ2) is 4.74. The molecule has 2 N–H and O–H groups in total. The zero-order chi connectivity index (χ0) is 11.7. The Morgan fingerprint density at radius 1 is 1.25 bits per heavy atom. The number of carbonyl (C=O) groups is 1. The average Bonchev–Trinajstić information content (AvgIpc) is 2.58. The summed E-state index contributed by atoms with van der Waals surface area (Å²) >= 11 is 0. The van der Waals surface area contributed by atoms with Crippen LogP contribution in [0.4, 0.5) is 0 Å². The monoisotopic (exact) mass is 224 g/mol. The van der Waals surface area contributed by atoms with Crippen molar-refractivity contribution in [3.05, 3.63) is 0 Å². The fourth-order valence-corrected chi connectivity index (χ4v) is 3.48. The zero-order valence-electron chi connectivity index (χ0n) is 10.5. The summed E-state index contributed by atoms with van der Waals surface area (Å²) in [6, 6.07) is 0.489. The van der Waals surface area contributed by atoms with Crippen molar-refractivity contribution in [2.45, 2.75) is 45.6 Å². The molecule has 0 spiro atoms. The molecule has 2 rings (SSSR count). The van der Waals surface area contributed by atoms with Gasteiger partial charge in [-0.25, -0.2) is 0 Å². The van der Waals surface area contributed by atoms with Gasteiger partial charge in [0.2, 0.25) is 5.91 Å². The van der Waals surface area contributed by atoms with Crippen molar-refractivity contribution in [3.8, 4) is 0 Å². The maximum absolute atomic E-state index is 11.9. The third-order valence-corrected chi connectivity index (χ3v) is 4.17. The van der Waals surface area contributed by atoms with Crippen molar-refractivity contribution in [2.24, 2.45) is 23.5 Å². The Bertz CT molecular complexity index is 257. The molecule has 0 aromatic rings. The smallest absolute Gasteiger partial charge is 0.223 e. The molecule has 3 atom stereocenters. The summed E-state index contributed by atoms with van der Waals surface area (Å²) in [6.45, 7) is 6.17. The summed E-state index contributed by atoms with van der Waals surface area (Å²) < 4.78 is 0. The zero-order valence-corrected chi connectivity index (χ0v) is 10.5. The Morgan fingerprint density at radius 2 is 1.88 bits per heavy atom. The van der Waals surface area contributed by atoms with Gasteiger partial charge in [0, 0.05) is 19.0 Å². The lowest BCUT2D eigenvalue weighted by Crippen LogP contribution is -2.41. The first-order valence-corrected chi connectivity index (χ1v) is 6.59. The van der Waals surface area contributed by atoms with Gasteiger partial charge < -0.3 is 10.6 Å². The molecule has 92 valence electrons. The third-order valence-electron chi connectivity index (χ3n) is 4.17. The van der Waals surface area contributed by atoms with Gasteiger partial charge >= 0.3 is 0 Å². The molecule has 1 saturated heterocycles. The number of hydrogen-bond donors (Lipinski definition) is 1. The van der Waals surface area contributed by atoms with Crippen molar-refractivity contribution in [2.75, 3.05) is 13.1 Å². The molecule has 1 aliphatic heterocycles. The van der Waals surface area contributed by atoms with Crippen LogP contribution in [0.15, 0.2) is 0 Å². The summed E-state index contributed by atoms with van der Waals surface area (Å²) in [5, 5.41) is 0. The minimum Gasteiger partial charge on any atom is -0.339 e. The molecule has 0 aromatic carbocycles. The van der Waals surface area contributed by atoms with E-state index >= 15 is 0 Å². The van der Waals surface area contributed by atoms with E-state index in [1.807, 2.05) is 0 Å². The molecule has 0 bridgehead atoms. The molecule has 1 aliphatic carbocycles. The first-order valence-electron chi connectivity index (χ1n) is 6.59. The van der Waals surface area contributed by atoms with Crippen LogP contribution in [0.3, 0.4) is 0 Å². The molecule has 2 fully saturated rings. The van der Waals surface area contributed by atoms with Gasteiger partial charge in [-0.2, -0.15) is 0 Å². The molecule has 1 saturated carbocycles. The van der Waals surface area contributed by atoms with Gasteiger partial charge in [-0.3, -0.25) is 4.79 Å². The first-order chi connectivity index (χ1) is 7.60. The number of carbonyl (C=O) groups excluding carboxylic acids is 1. The number of likely N-dealkylation sites (tertiary alicyclic amines) is 1. The number of hydrogen-bond acceptors (Lipinski definition) is 2. The van der Waals surface area contributed by atoms with E-state index in [9.17, 15) is 4.79 Å². The Morgan fingerprint density at radius 3 is 2.38 bits per heavy atom. The lowest BCUT2D eigenvalue weighted by atomic mass is 9.80. The lowest BCUT2D eigenvalue weighted by molar-refractivity contribution is -0.130. The van der Waals surface area contributed by atoms with Crippen molar-refractivity contribution >= 4 is 5.91 Å². The Hall–Kier alpha value is -0.570. The fourth-order valence-electron chi connectivity index (χ4n) is 3.48. The average molecular weight is 224 g/mol. The topological polar surface area (TPSA) is 46.3 Å². The van der Waals surface area contributed by atoms with Gasteiger partial charge in [-0.1, -0.05) is 13.8 Å². The molecule has 3 unspecified atom stereocenters. The molecule has 3 heteroatoms. The van der Waals surface area contributed by atoms with E-state index in [0.29, 0.717) is 30.8 Å². The van der Waals surface area contributed by atoms with E-state index in [0.717, 1.165) is 18.4 Å². The highest BCUT2D eigenvalue weighted by atomic mass is 16.2. The Kier molecular flexibility index (Phi) is 3.53. The van der Waals surface area contributed by atoms with Crippen molar-refractivity contribution < 1.29 is 4.79 Å². The quantitative estimate of drug-likeness (QED) is 0.774. The number of nitrogens with zero attached hydrogens (tertiary/aromatic N) is 1.